The van der Waals surface area contributed by atoms with Gasteiger partial charge in [-0.05, 0) is 31.7 Å². The largest absolute Gasteiger partial charge is 0.507 e. The van der Waals surface area contributed by atoms with Gasteiger partial charge in [-0.3, -0.25) is 0 Å². The Morgan fingerprint density at radius 3 is 1.05 bits per heavy atom. The number of hydrogen-bond donors (Lipinski definition) is 4. The van der Waals surface area contributed by atoms with Crippen molar-refractivity contribution in [2.24, 2.45) is 9.98 Å². The summed E-state index contributed by atoms with van der Waals surface area (Å²) in [5.74, 6) is 1.92. The Balaban J connectivity index is 1.63. The van der Waals surface area contributed by atoms with Gasteiger partial charge in [0.05, 0.1) is 60.6 Å². The van der Waals surface area contributed by atoms with Crippen molar-refractivity contribution in [3.8, 4) is 34.5 Å². The molecule has 0 atom stereocenters. The number of hydrogen-bond acceptors (Lipinski definition) is 10. The van der Waals surface area contributed by atoms with Gasteiger partial charge in [0.1, 0.15) is 11.5 Å². The smallest absolute Gasteiger partial charge is 0.163 e. The van der Waals surface area contributed by atoms with Crippen molar-refractivity contribution in [1.29, 1.82) is 0 Å². The van der Waals surface area contributed by atoms with E-state index in [1.807, 2.05) is 72.8 Å². The van der Waals surface area contributed by atoms with Crippen LogP contribution in [0.1, 0.15) is 153 Å². The fraction of sp³-hybridized carbons (Fsp3) is 0.429. The first-order valence-electron chi connectivity index (χ1n) is 24.5. The van der Waals surface area contributed by atoms with Crippen molar-refractivity contribution in [3.63, 3.8) is 0 Å². The van der Waals surface area contributed by atoms with Crippen LogP contribution in [-0.2, 0) is 0 Å². The highest BCUT2D eigenvalue weighted by molar-refractivity contribution is 6.20. The maximum atomic E-state index is 11.7. The standard InChI is InChI=1S/C56H74N4O6/c1-5-9-13-23-31-63-51-36-45(57)47(38-53(51)65-33-25-15-11-7-3)59-55(41-27-19-17-20-28-41)43-35-44(50(62)40-49(43)61)56(42-29-21-18-22-30-42)60-48-39-54(66-34-26-16-12-8-4)52(37-46(48)58)64-32-24-14-10-6-2/h17-22,27-30,35-40,61-62H,5-16,23-26,31-34,57-58H2,1-4H3. The van der Waals surface area contributed by atoms with Crippen LogP contribution >= 0.6 is 0 Å². The van der Waals surface area contributed by atoms with Crippen LogP contribution in [0, 0.1) is 0 Å². The Bertz CT molecular complexity index is 2120. The molecule has 0 aliphatic heterocycles. The van der Waals surface area contributed by atoms with E-state index < -0.39 is 0 Å². The van der Waals surface area contributed by atoms with Crippen LogP contribution in [0.25, 0.3) is 0 Å². The Kier molecular flexibility index (Phi) is 21.6. The number of nitrogen functional groups attached to an aromatic ring is 2. The van der Waals surface area contributed by atoms with Crippen LogP contribution < -0.4 is 30.4 Å². The Labute approximate surface area is 394 Å². The molecule has 0 bridgehead atoms. The average Bonchev–Trinajstić information content (AvgIpc) is 3.32. The van der Waals surface area contributed by atoms with Crippen molar-refractivity contribution in [2.45, 2.75) is 130 Å². The second kappa shape index (κ2) is 28.0. The molecule has 0 unspecified atom stereocenters. The Morgan fingerprint density at radius 1 is 0.409 bits per heavy atom. The molecular weight excluding hydrogens is 825 g/mol. The summed E-state index contributed by atoms with van der Waals surface area (Å²) in [4.78, 5) is 10.3. The zero-order valence-electron chi connectivity index (χ0n) is 40.0. The highest BCUT2D eigenvalue weighted by Gasteiger charge is 2.22. The van der Waals surface area contributed by atoms with Gasteiger partial charge >= 0.3 is 0 Å². The summed E-state index contributed by atoms with van der Waals surface area (Å²) >= 11 is 0. The highest BCUT2D eigenvalue weighted by atomic mass is 16.5. The minimum absolute atomic E-state index is 0.178. The van der Waals surface area contributed by atoms with Gasteiger partial charge in [-0.15, -0.1) is 0 Å². The number of unbranched alkanes of at least 4 members (excludes halogenated alkanes) is 12. The molecule has 354 valence electrons. The normalized spacial score (nSPS) is 11.8. The first kappa shape index (κ1) is 50.8. The maximum Gasteiger partial charge on any atom is 0.163 e. The van der Waals surface area contributed by atoms with Gasteiger partial charge in [-0.1, -0.05) is 165 Å². The zero-order chi connectivity index (χ0) is 46.9. The monoisotopic (exact) mass is 899 g/mol. The number of aliphatic imine (C=N–C) groups is 2. The average molecular weight is 899 g/mol. The number of phenolic OH excluding ortho intramolecular Hbond substituents is 2. The van der Waals surface area contributed by atoms with Gasteiger partial charge < -0.3 is 40.6 Å². The summed E-state index contributed by atoms with van der Waals surface area (Å²) in [5.41, 5.74) is 18.2. The third-order valence-electron chi connectivity index (χ3n) is 11.4. The van der Waals surface area contributed by atoms with Crippen molar-refractivity contribution in [2.75, 3.05) is 37.9 Å². The topological polar surface area (TPSA) is 154 Å². The van der Waals surface area contributed by atoms with E-state index in [4.69, 9.17) is 40.4 Å². The van der Waals surface area contributed by atoms with Crippen LogP contribution in [-0.4, -0.2) is 48.1 Å². The van der Waals surface area contributed by atoms with E-state index >= 15 is 0 Å². The van der Waals surface area contributed by atoms with Crippen molar-refractivity contribution >= 4 is 34.2 Å². The molecule has 0 radical (unpaired) electrons. The minimum atomic E-state index is -0.178. The molecule has 0 spiro atoms. The first-order chi connectivity index (χ1) is 32.3. The number of ether oxygens (including phenoxy) is 4. The molecule has 5 aromatic rings. The number of nitrogens with zero attached hydrogens (tertiary/aromatic N) is 2. The Morgan fingerprint density at radius 2 is 0.727 bits per heavy atom. The summed E-state index contributed by atoms with van der Waals surface area (Å²) in [6.07, 6.45) is 17.1. The molecule has 0 fully saturated rings. The molecule has 6 N–H and O–H groups in total. The van der Waals surface area contributed by atoms with E-state index in [-0.39, 0.29) is 11.5 Å². The third-order valence-corrected chi connectivity index (χ3v) is 11.4. The molecule has 10 heteroatoms. The lowest BCUT2D eigenvalue weighted by Gasteiger charge is -2.18. The van der Waals surface area contributed by atoms with Gasteiger partial charge in [-0.25, -0.2) is 9.98 Å². The van der Waals surface area contributed by atoms with Crippen molar-refractivity contribution < 1.29 is 29.2 Å². The summed E-state index contributed by atoms with van der Waals surface area (Å²) in [5, 5.41) is 23.5. The summed E-state index contributed by atoms with van der Waals surface area (Å²) in [7, 11) is 0. The molecule has 0 saturated heterocycles. The van der Waals surface area contributed by atoms with Gasteiger partial charge in [-0.2, -0.15) is 0 Å². The highest BCUT2D eigenvalue weighted by Crippen LogP contribution is 2.41. The summed E-state index contributed by atoms with van der Waals surface area (Å²) in [6.45, 7) is 10.9. The maximum absolute atomic E-state index is 11.7. The van der Waals surface area contributed by atoms with Gasteiger partial charge in [0.15, 0.2) is 23.0 Å². The first-order valence-corrected chi connectivity index (χ1v) is 24.5. The second-order valence-corrected chi connectivity index (χ2v) is 16.9. The summed E-state index contributed by atoms with van der Waals surface area (Å²) in [6, 6.07) is 29.4. The predicted molar refractivity (Wildman–Crippen MR) is 274 cm³/mol. The van der Waals surface area contributed by atoms with Crippen molar-refractivity contribution in [1.82, 2.24) is 0 Å². The van der Waals surface area contributed by atoms with Crippen LogP contribution in [0.15, 0.2) is 107 Å². The quantitative estimate of drug-likeness (QED) is 0.0202. The molecule has 5 aromatic carbocycles. The lowest BCUT2D eigenvalue weighted by molar-refractivity contribution is 0.259. The molecule has 0 heterocycles. The van der Waals surface area contributed by atoms with E-state index in [1.165, 1.54) is 6.07 Å². The number of anilines is 2. The molecular formula is C56H74N4O6. The SMILES string of the molecule is CCCCCCOc1cc(N)c(N=C(c2ccccc2)c2cc(C(=Nc3cc(OCCCCCC)c(OCCCCCC)cc3N)c3ccccc3)c(O)cc2O)cc1OCCCCCC. The molecule has 10 nitrogen and oxygen atoms in total. The summed E-state index contributed by atoms with van der Waals surface area (Å²) < 4.78 is 25.3. The molecule has 0 aliphatic rings. The van der Waals surface area contributed by atoms with Crippen LogP contribution in [0.4, 0.5) is 22.7 Å². The fourth-order valence-corrected chi connectivity index (χ4v) is 7.57. The molecule has 0 aliphatic carbocycles. The molecule has 0 amide bonds. The van der Waals surface area contributed by atoms with Crippen LogP contribution in [0.3, 0.4) is 0 Å². The van der Waals surface area contributed by atoms with Gasteiger partial charge in [0.2, 0.25) is 0 Å². The number of benzene rings is 5. The minimum Gasteiger partial charge on any atom is -0.507 e. The number of phenols is 2. The van der Waals surface area contributed by atoms with Crippen LogP contribution in [0.2, 0.25) is 0 Å². The lowest BCUT2D eigenvalue weighted by atomic mass is 9.94. The fourth-order valence-electron chi connectivity index (χ4n) is 7.57. The zero-order valence-corrected chi connectivity index (χ0v) is 40.0. The Hall–Kier alpha value is -6.16. The van der Waals surface area contributed by atoms with E-state index in [9.17, 15) is 10.2 Å². The van der Waals surface area contributed by atoms with Gasteiger partial charge in [0.25, 0.3) is 0 Å². The van der Waals surface area contributed by atoms with E-state index in [0.717, 1.165) is 114 Å². The van der Waals surface area contributed by atoms with Gasteiger partial charge in [0, 0.05) is 52.6 Å². The van der Waals surface area contributed by atoms with E-state index in [0.29, 0.717) is 94.7 Å². The van der Waals surface area contributed by atoms with E-state index in [2.05, 4.69) is 27.7 Å². The van der Waals surface area contributed by atoms with Crippen LogP contribution in [0.5, 0.6) is 34.5 Å². The number of aromatic hydroxyl groups is 2. The van der Waals surface area contributed by atoms with E-state index in [1.54, 1.807) is 18.2 Å². The number of rotatable bonds is 30. The second-order valence-electron chi connectivity index (χ2n) is 16.9. The number of nitrogens with two attached hydrogens (primary N) is 2. The molecule has 0 saturated carbocycles. The molecule has 66 heavy (non-hydrogen) atoms. The lowest BCUT2D eigenvalue weighted by Crippen LogP contribution is -2.09. The van der Waals surface area contributed by atoms with Crippen molar-refractivity contribution in [3.05, 3.63) is 119 Å². The molecule has 5 rings (SSSR count). The predicted octanol–water partition coefficient (Wildman–Crippen LogP) is 14.4. The third kappa shape index (κ3) is 15.5. The molecule has 0 aromatic heterocycles.